The highest BCUT2D eigenvalue weighted by Gasteiger charge is 2.18. The minimum Gasteiger partial charge on any atom is -0.306 e. The van der Waals surface area contributed by atoms with E-state index in [1.165, 1.54) is 12.1 Å². The van der Waals surface area contributed by atoms with Crippen LogP contribution in [0.4, 0.5) is 8.78 Å². The Balaban J connectivity index is 2.52. The van der Waals surface area contributed by atoms with E-state index < -0.39 is 11.6 Å². The van der Waals surface area contributed by atoms with Gasteiger partial charge in [0.05, 0.1) is 6.04 Å². The molecular formula is C15H13BrClF2N. The van der Waals surface area contributed by atoms with Crippen molar-refractivity contribution >= 4 is 27.5 Å². The van der Waals surface area contributed by atoms with Crippen molar-refractivity contribution in [2.75, 3.05) is 6.54 Å². The Morgan fingerprint density at radius 3 is 2.40 bits per heavy atom. The maximum atomic E-state index is 13.4. The first-order valence-corrected chi connectivity index (χ1v) is 7.32. The van der Waals surface area contributed by atoms with E-state index in [0.29, 0.717) is 17.1 Å². The molecule has 106 valence electrons. The predicted molar refractivity (Wildman–Crippen MR) is 81.0 cm³/mol. The lowest BCUT2D eigenvalue weighted by Crippen LogP contribution is -2.22. The SMILES string of the molecule is CCNC(c1cc(F)cc(F)c1)c1cc(Cl)ccc1Br. The molecule has 1 N–H and O–H groups in total. The van der Waals surface area contributed by atoms with Crippen LogP contribution in [-0.4, -0.2) is 6.54 Å². The van der Waals surface area contributed by atoms with Crippen molar-refractivity contribution in [3.63, 3.8) is 0 Å². The van der Waals surface area contributed by atoms with E-state index in [0.717, 1.165) is 16.1 Å². The lowest BCUT2D eigenvalue weighted by atomic mass is 9.98. The fourth-order valence-corrected chi connectivity index (χ4v) is 2.75. The van der Waals surface area contributed by atoms with Crippen LogP contribution in [0.25, 0.3) is 0 Å². The van der Waals surface area contributed by atoms with E-state index in [1.807, 2.05) is 13.0 Å². The van der Waals surface area contributed by atoms with E-state index in [-0.39, 0.29) is 6.04 Å². The van der Waals surface area contributed by atoms with E-state index >= 15 is 0 Å². The van der Waals surface area contributed by atoms with Crippen LogP contribution >= 0.6 is 27.5 Å². The van der Waals surface area contributed by atoms with Crippen LogP contribution in [0, 0.1) is 11.6 Å². The van der Waals surface area contributed by atoms with Gasteiger partial charge in [0.1, 0.15) is 11.6 Å². The normalized spacial score (nSPS) is 12.4. The molecule has 0 saturated heterocycles. The summed E-state index contributed by atoms with van der Waals surface area (Å²) in [4.78, 5) is 0. The molecule has 0 fully saturated rings. The third-order valence-electron chi connectivity index (χ3n) is 2.90. The van der Waals surface area contributed by atoms with Gasteiger partial charge in [-0.25, -0.2) is 8.78 Å². The van der Waals surface area contributed by atoms with Crippen molar-refractivity contribution in [3.05, 3.63) is 68.7 Å². The maximum absolute atomic E-state index is 13.4. The summed E-state index contributed by atoms with van der Waals surface area (Å²) >= 11 is 9.46. The molecule has 5 heteroatoms. The number of rotatable bonds is 4. The number of hydrogen-bond acceptors (Lipinski definition) is 1. The van der Waals surface area contributed by atoms with Crippen molar-refractivity contribution in [2.24, 2.45) is 0 Å². The summed E-state index contributed by atoms with van der Waals surface area (Å²) in [6, 6.07) is 8.52. The Bertz CT molecular complexity index is 599. The van der Waals surface area contributed by atoms with E-state index in [9.17, 15) is 8.78 Å². The van der Waals surface area contributed by atoms with Crippen LogP contribution in [0.5, 0.6) is 0 Å². The smallest absolute Gasteiger partial charge is 0.126 e. The third-order valence-corrected chi connectivity index (χ3v) is 3.85. The first kappa shape index (κ1) is 15.4. The zero-order valence-electron chi connectivity index (χ0n) is 10.8. The predicted octanol–water partition coefficient (Wildman–Crippen LogP) is 5.08. The number of hydrogen-bond donors (Lipinski definition) is 1. The Kier molecular flexibility index (Phi) is 5.13. The highest BCUT2D eigenvalue weighted by Crippen LogP contribution is 2.31. The molecule has 1 unspecified atom stereocenters. The van der Waals surface area contributed by atoms with Gasteiger partial charge in [-0.1, -0.05) is 34.5 Å². The highest BCUT2D eigenvalue weighted by atomic mass is 79.9. The molecule has 2 rings (SSSR count). The van der Waals surface area contributed by atoms with Gasteiger partial charge >= 0.3 is 0 Å². The first-order valence-electron chi connectivity index (χ1n) is 6.15. The summed E-state index contributed by atoms with van der Waals surface area (Å²) in [5.41, 5.74) is 1.36. The Morgan fingerprint density at radius 1 is 1.15 bits per heavy atom. The first-order chi connectivity index (χ1) is 9.51. The Hall–Kier alpha value is -0.970. The summed E-state index contributed by atoms with van der Waals surface area (Å²) in [6.07, 6.45) is 0. The summed E-state index contributed by atoms with van der Waals surface area (Å²) < 4.78 is 27.7. The standard InChI is InChI=1S/C15H13BrClF2N/c1-2-20-15(9-5-11(18)8-12(19)6-9)13-7-10(17)3-4-14(13)16/h3-8,15,20H,2H2,1H3. The molecule has 2 aromatic carbocycles. The van der Waals surface area contributed by atoms with Gasteiger partial charge in [0.2, 0.25) is 0 Å². The molecule has 0 amide bonds. The van der Waals surface area contributed by atoms with Crippen molar-refractivity contribution in [1.82, 2.24) is 5.32 Å². The Labute approximate surface area is 130 Å². The Morgan fingerprint density at radius 2 is 1.80 bits per heavy atom. The summed E-state index contributed by atoms with van der Waals surface area (Å²) in [5.74, 6) is -1.19. The topological polar surface area (TPSA) is 12.0 Å². The zero-order chi connectivity index (χ0) is 14.7. The van der Waals surface area contributed by atoms with Crippen LogP contribution in [-0.2, 0) is 0 Å². The number of benzene rings is 2. The summed E-state index contributed by atoms with van der Waals surface area (Å²) in [5, 5.41) is 3.79. The fourth-order valence-electron chi connectivity index (χ4n) is 2.09. The number of nitrogens with one attached hydrogen (secondary N) is 1. The molecule has 0 aromatic heterocycles. The van der Waals surface area contributed by atoms with Gasteiger partial charge < -0.3 is 5.32 Å². The summed E-state index contributed by atoms with van der Waals surface area (Å²) in [6.45, 7) is 2.59. The molecule has 2 aromatic rings. The van der Waals surface area contributed by atoms with E-state index in [2.05, 4.69) is 21.2 Å². The molecule has 20 heavy (non-hydrogen) atoms. The van der Waals surface area contributed by atoms with Crippen LogP contribution < -0.4 is 5.32 Å². The van der Waals surface area contributed by atoms with Crippen LogP contribution in [0.1, 0.15) is 24.1 Å². The molecule has 0 heterocycles. The minimum atomic E-state index is -0.596. The van der Waals surface area contributed by atoms with Gasteiger partial charge in [-0.15, -0.1) is 0 Å². The molecule has 1 atom stereocenters. The van der Waals surface area contributed by atoms with Crippen molar-refractivity contribution in [1.29, 1.82) is 0 Å². The molecule has 0 radical (unpaired) electrons. The molecule has 1 nitrogen and oxygen atoms in total. The zero-order valence-corrected chi connectivity index (χ0v) is 13.1. The largest absolute Gasteiger partial charge is 0.306 e. The van der Waals surface area contributed by atoms with Crippen LogP contribution in [0.15, 0.2) is 40.9 Å². The lowest BCUT2D eigenvalue weighted by Gasteiger charge is -2.21. The van der Waals surface area contributed by atoms with E-state index in [1.54, 1.807) is 12.1 Å². The molecule has 0 aliphatic rings. The maximum Gasteiger partial charge on any atom is 0.126 e. The van der Waals surface area contributed by atoms with Gasteiger partial charge in [-0.3, -0.25) is 0 Å². The van der Waals surface area contributed by atoms with Gasteiger partial charge in [-0.2, -0.15) is 0 Å². The average molecular weight is 361 g/mol. The minimum absolute atomic E-state index is 0.335. The van der Waals surface area contributed by atoms with Crippen LogP contribution in [0.2, 0.25) is 5.02 Å². The second-order valence-corrected chi connectivity index (χ2v) is 5.65. The van der Waals surface area contributed by atoms with Gasteiger partial charge in [0.15, 0.2) is 0 Å². The van der Waals surface area contributed by atoms with Gasteiger partial charge in [-0.05, 0) is 48.0 Å². The highest BCUT2D eigenvalue weighted by molar-refractivity contribution is 9.10. The van der Waals surface area contributed by atoms with Crippen molar-refractivity contribution < 1.29 is 8.78 Å². The van der Waals surface area contributed by atoms with Gasteiger partial charge in [0, 0.05) is 15.6 Å². The van der Waals surface area contributed by atoms with E-state index in [4.69, 9.17) is 11.6 Å². The van der Waals surface area contributed by atoms with Gasteiger partial charge in [0.25, 0.3) is 0 Å². The second kappa shape index (κ2) is 6.66. The second-order valence-electron chi connectivity index (χ2n) is 4.36. The quantitative estimate of drug-likeness (QED) is 0.802. The lowest BCUT2D eigenvalue weighted by molar-refractivity contribution is 0.565. The van der Waals surface area contributed by atoms with Crippen molar-refractivity contribution in [3.8, 4) is 0 Å². The molecule has 0 aliphatic carbocycles. The molecule has 0 aliphatic heterocycles. The average Bonchev–Trinajstić information content (AvgIpc) is 2.38. The number of halogens is 4. The summed E-state index contributed by atoms with van der Waals surface area (Å²) in [7, 11) is 0. The molecule has 0 saturated carbocycles. The fraction of sp³-hybridized carbons (Fsp3) is 0.200. The molecular weight excluding hydrogens is 348 g/mol. The van der Waals surface area contributed by atoms with Crippen LogP contribution in [0.3, 0.4) is 0 Å². The third kappa shape index (κ3) is 3.57. The molecule has 0 bridgehead atoms. The molecule has 0 spiro atoms. The van der Waals surface area contributed by atoms with Crippen molar-refractivity contribution in [2.45, 2.75) is 13.0 Å². The monoisotopic (exact) mass is 359 g/mol.